The molecule has 0 spiro atoms. The lowest BCUT2D eigenvalue weighted by molar-refractivity contribution is -0.128. The van der Waals surface area contributed by atoms with Crippen LogP contribution in [0.25, 0.3) is 0 Å². The number of hydrogen-bond acceptors (Lipinski definition) is 4. The van der Waals surface area contributed by atoms with Crippen LogP contribution in [0.2, 0.25) is 0 Å². The Morgan fingerprint density at radius 1 is 1.00 bits per heavy atom. The highest BCUT2D eigenvalue weighted by Crippen LogP contribution is 2.20. The number of ether oxygens (including phenoxy) is 1. The monoisotopic (exact) mass is 288 g/mol. The fraction of sp³-hybridized carbons (Fsp3) is 0.867. The normalized spacial score (nSPS) is 14.3. The van der Waals surface area contributed by atoms with Crippen LogP contribution in [0.5, 0.6) is 0 Å². The zero-order valence-electron chi connectivity index (χ0n) is 13.3. The van der Waals surface area contributed by atoms with Crippen molar-refractivity contribution in [1.82, 2.24) is 0 Å². The Morgan fingerprint density at radius 3 is 1.89 bits per heavy atom. The molecule has 0 aromatic rings. The first-order valence-corrected chi connectivity index (χ1v) is 7.86. The largest absolute Gasteiger partial charge is 0.367 e. The summed E-state index contributed by atoms with van der Waals surface area (Å²) in [5.74, 6) is 1.35. The zero-order valence-corrected chi connectivity index (χ0v) is 14.1. The number of carbonyl (C=O) groups excluding carboxylic acids is 2. The maximum absolute atomic E-state index is 11.8. The first kappa shape index (κ1) is 18.7. The second-order valence-electron chi connectivity index (χ2n) is 6.99. The number of Topliss-reactive ketones (excluding diaryl/α,β-unsaturated/α-hetero) is 2. The molecule has 112 valence electrons. The van der Waals surface area contributed by atoms with E-state index in [0.29, 0.717) is 18.1 Å². The Morgan fingerprint density at radius 2 is 1.47 bits per heavy atom. The summed E-state index contributed by atoms with van der Waals surface area (Å²) >= 11 is 1.47. The zero-order chi connectivity index (χ0) is 15.3. The lowest BCUT2D eigenvalue weighted by Gasteiger charge is -2.20. The minimum atomic E-state index is -0.313. The third-order valence-electron chi connectivity index (χ3n) is 2.81. The van der Waals surface area contributed by atoms with Crippen LogP contribution in [-0.4, -0.2) is 29.4 Å². The van der Waals surface area contributed by atoms with Crippen LogP contribution in [0.3, 0.4) is 0 Å². The summed E-state index contributed by atoms with van der Waals surface area (Å²) in [7, 11) is 0. The Balaban J connectivity index is 3.85. The molecule has 0 N–H and O–H groups in total. The molecule has 1 atom stereocenters. The number of thioether (sulfide) groups is 1. The lowest BCUT2D eigenvalue weighted by Crippen LogP contribution is -2.25. The van der Waals surface area contributed by atoms with E-state index in [1.165, 1.54) is 11.8 Å². The fourth-order valence-corrected chi connectivity index (χ4v) is 2.17. The van der Waals surface area contributed by atoms with Crippen LogP contribution in [0.15, 0.2) is 0 Å². The molecule has 0 aliphatic heterocycles. The predicted molar refractivity (Wildman–Crippen MR) is 81.4 cm³/mol. The summed E-state index contributed by atoms with van der Waals surface area (Å²) in [6.07, 6.45) is 0.334. The molecule has 0 bridgehead atoms. The number of rotatable bonds is 7. The van der Waals surface area contributed by atoms with E-state index >= 15 is 0 Å². The lowest BCUT2D eigenvalue weighted by atomic mass is 9.88. The van der Waals surface area contributed by atoms with E-state index in [1.807, 2.05) is 48.5 Å². The molecule has 0 aromatic carbocycles. The molecule has 0 rings (SSSR count). The number of carbonyl (C=O) groups is 2. The third-order valence-corrected chi connectivity index (χ3v) is 3.58. The molecular weight excluding hydrogens is 260 g/mol. The molecule has 0 aliphatic rings. The molecule has 3 nitrogen and oxygen atoms in total. The highest BCUT2D eigenvalue weighted by Gasteiger charge is 2.23. The minimum absolute atomic E-state index is 0.0936. The molecule has 0 heterocycles. The van der Waals surface area contributed by atoms with Gasteiger partial charge in [0.25, 0.3) is 0 Å². The van der Waals surface area contributed by atoms with Crippen molar-refractivity contribution >= 4 is 23.3 Å². The van der Waals surface area contributed by atoms with Crippen molar-refractivity contribution in [2.24, 2.45) is 10.8 Å². The van der Waals surface area contributed by atoms with Crippen molar-refractivity contribution in [3.63, 3.8) is 0 Å². The standard InChI is InChI=1S/C15H28O3S/c1-11(8-12(16)14(2,3)4)18-10-19-9-13(17)15(5,6)7/h11H,8-10H2,1-7H3. The van der Waals surface area contributed by atoms with Crippen LogP contribution in [0.4, 0.5) is 0 Å². The van der Waals surface area contributed by atoms with E-state index in [9.17, 15) is 9.59 Å². The molecular formula is C15H28O3S. The van der Waals surface area contributed by atoms with Gasteiger partial charge in [-0.05, 0) is 6.92 Å². The molecule has 0 aliphatic carbocycles. The highest BCUT2D eigenvalue weighted by molar-refractivity contribution is 7.99. The Labute approximate surface area is 121 Å². The maximum atomic E-state index is 11.8. The Kier molecular flexibility index (Phi) is 7.30. The smallest absolute Gasteiger partial charge is 0.148 e. The molecule has 0 radical (unpaired) electrons. The Bertz CT molecular complexity index is 310. The van der Waals surface area contributed by atoms with E-state index in [4.69, 9.17) is 4.74 Å². The van der Waals surface area contributed by atoms with Crippen LogP contribution < -0.4 is 0 Å². The van der Waals surface area contributed by atoms with Crippen LogP contribution in [0, 0.1) is 10.8 Å². The van der Waals surface area contributed by atoms with Gasteiger partial charge in [-0.3, -0.25) is 9.59 Å². The van der Waals surface area contributed by atoms with Crippen molar-refractivity contribution in [2.75, 3.05) is 11.7 Å². The SMILES string of the molecule is CC(CC(=O)C(C)(C)C)OCSCC(=O)C(C)(C)C. The van der Waals surface area contributed by atoms with E-state index in [1.54, 1.807) is 0 Å². The summed E-state index contributed by atoms with van der Waals surface area (Å²) in [6, 6.07) is 0. The van der Waals surface area contributed by atoms with Gasteiger partial charge in [0.1, 0.15) is 11.6 Å². The summed E-state index contributed by atoms with van der Waals surface area (Å²) in [4.78, 5) is 23.5. The summed E-state index contributed by atoms with van der Waals surface area (Å²) < 4.78 is 5.56. The van der Waals surface area contributed by atoms with Crippen molar-refractivity contribution in [3.05, 3.63) is 0 Å². The second kappa shape index (κ2) is 7.44. The van der Waals surface area contributed by atoms with Gasteiger partial charge < -0.3 is 4.74 Å². The van der Waals surface area contributed by atoms with Gasteiger partial charge >= 0.3 is 0 Å². The van der Waals surface area contributed by atoms with Gasteiger partial charge in [-0.25, -0.2) is 0 Å². The molecule has 0 saturated carbocycles. The van der Waals surface area contributed by atoms with E-state index in [-0.39, 0.29) is 28.5 Å². The summed E-state index contributed by atoms with van der Waals surface area (Å²) in [5, 5.41) is 0. The molecule has 0 fully saturated rings. The highest BCUT2D eigenvalue weighted by atomic mass is 32.2. The van der Waals surface area contributed by atoms with Crippen LogP contribution >= 0.6 is 11.8 Å². The van der Waals surface area contributed by atoms with Crippen molar-refractivity contribution in [2.45, 2.75) is 61.0 Å². The molecule has 0 saturated heterocycles. The number of hydrogen-bond donors (Lipinski definition) is 0. The van der Waals surface area contributed by atoms with Crippen molar-refractivity contribution in [1.29, 1.82) is 0 Å². The van der Waals surface area contributed by atoms with Gasteiger partial charge in [0, 0.05) is 17.3 Å². The first-order valence-electron chi connectivity index (χ1n) is 6.70. The molecule has 1 unspecified atom stereocenters. The quantitative estimate of drug-likeness (QED) is 0.529. The second-order valence-corrected chi connectivity index (χ2v) is 7.93. The Hall–Kier alpha value is -0.350. The minimum Gasteiger partial charge on any atom is -0.367 e. The first-order chi connectivity index (χ1) is 8.44. The van der Waals surface area contributed by atoms with Gasteiger partial charge in [0.2, 0.25) is 0 Å². The van der Waals surface area contributed by atoms with E-state index < -0.39 is 0 Å². The van der Waals surface area contributed by atoms with Gasteiger partial charge in [-0.15, -0.1) is 11.8 Å². The molecule has 4 heteroatoms. The third kappa shape index (κ3) is 8.43. The van der Waals surface area contributed by atoms with Crippen LogP contribution in [-0.2, 0) is 14.3 Å². The van der Waals surface area contributed by atoms with E-state index in [2.05, 4.69) is 0 Å². The molecule has 19 heavy (non-hydrogen) atoms. The van der Waals surface area contributed by atoms with Crippen molar-refractivity contribution in [3.8, 4) is 0 Å². The van der Waals surface area contributed by atoms with Crippen molar-refractivity contribution < 1.29 is 14.3 Å². The number of ketones is 2. The maximum Gasteiger partial charge on any atom is 0.148 e. The molecule has 0 amide bonds. The van der Waals surface area contributed by atoms with Gasteiger partial charge in [0.15, 0.2) is 0 Å². The fourth-order valence-electron chi connectivity index (χ4n) is 1.14. The topological polar surface area (TPSA) is 43.4 Å². The summed E-state index contributed by atoms with van der Waals surface area (Å²) in [5.41, 5.74) is -0.603. The van der Waals surface area contributed by atoms with E-state index in [0.717, 1.165) is 0 Å². The van der Waals surface area contributed by atoms with Gasteiger partial charge in [-0.1, -0.05) is 41.5 Å². The predicted octanol–water partition coefficient (Wildman–Crippen LogP) is 3.70. The molecule has 0 aromatic heterocycles. The van der Waals surface area contributed by atoms with Gasteiger partial charge in [0.05, 0.1) is 17.8 Å². The van der Waals surface area contributed by atoms with Gasteiger partial charge in [-0.2, -0.15) is 0 Å². The average Bonchev–Trinajstić information content (AvgIpc) is 2.21. The summed E-state index contributed by atoms with van der Waals surface area (Å²) in [6.45, 7) is 13.4. The average molecular weight is 288 g/mol. The van der Waals surface area contributed by atoms with Crippen LogP contribution in [0.1, 0.15) is 54.9 Å².